The van der Waals surface area contributed by atoms with Gasteiger partial charge >= 0.3 is 0 Å². The molecule has 1 aromatic heterocycles. The zero-order chi connectivity index (χ0) is 19.3. The van der Waals surface area contributed by atoms with E-state index in [1.165, 1.54) is 12.1 Å². The summed E-state index contributed by atoms with van der Waals surface area (Å²) in [6.07, 6.45) is 5.10. The van der Waals surface area contributed by atoms with Gasteiger partial charge in [0.25, 0.3) is 0 Å². The Morgan fingerprint density at radius 2 is 1.50 bits per heavy atom. The van der Waals surface area contributed by atoms with Crippen LogP contribution in [-0.2, 0) is 0 Å². The fraction of sp³-hybridized carbons (Fsp3) is 0. The van der Waals surface area contributed by atoms with Gasteiger partial charge in [-0.05, 0) is 36.4 Å². The van der Waals surface area contributed by atoms with Crippen LogP contribution < -0.4 is 0 Å². The number of aromatic nitrogens is 2. The van der Waals surface area contributed by atoms with Gasteiger partial charge < -0.3 is 5.11 Å². The lowest BCUT2D eigenvalue weighted by Gasteiger charge is -2.00. The molecular formula is C24H18N2O2. The average molecular weight is 366 g/mol. The highest BCUT2D eigenvalue weighted by molar-refractivity contribution is 6.08. The topological polar surface area (TPSA) is 55.1 Å². The molecule has 3 aromatic carbocycles. The highest BCUT2D eigenvalue weighted by Gasteiger charge is 2.12. The summed E-state index contributed by atoms with van der Waals surface area (Å²) in [7, 11) is 0. The first-order valence-corrected chi connectivity index (χ1v) is 8.93. The predicted octanol–water partition coefficient (Wildman–Crippen LogP) is 5.14. The Morgan fingerprint density at radius 3 is 2.21 bits per heavy atom. The van der Waals surface area contributed by atoms with Gasteiger partial charge in [0.05, 0.1) is 16.9 Å². The molecule has 4 rings (SSSR count). The number of rotatable bonds is 5. The van der Waals surface area contributed by atoms with Crippen LogP contribution in [0.1, 0.15) is 15.9 Å². The summed E-state index contributed by atoms with van der Waals surface area (Å²) < 4.78 is 1.80. The van der Waals surface area contributed by atoms with Crippen LogP contribution in [0.5, 0.6) is 5.75 Å². The Bertz CT molecular complexity index is 1130. The molecule has 0 spiro atoms. The zero-order valence-corrected chi connectivity index (χ0v) is 15.1. The van der Waals surface area contributed by atoms with Crippen molar-refractivity contribution in [3.63, 3.8) is 0 Å². The molecule has 0 saturated carbocycles. The summed E-state index contributed by atoms with van der Waals surface area (Å²) in [5, 5.41) is 14.6. The van der Waals surface area contributed by atoms with E-state index in [9.17, 15) is 9.90 Å². The predicted molar refractivity (Wildman–Crippen MR) is 110 cm³/mol. The van der Waals surface area contributed by atoms with E-state index >= 15 is 0 Å². The van der Waals surface area contributed by atoms with Crippen molar-refractivity contribution in [3.05, 3.63) is 108 Å². The minimum atomic E-state index is -0.260. The van der Waals surface area contributed by atoms with Crippen LogP contribution in [0.2, 0.25) is 0 Å². The van der Waals surface area contributed by atoms with Crippen LogP contribution in [0.3, 0.4) is 0 Å². The Labute approximate surface area is 163 Å². The lowest BCUT2D eigenvalue weighted by Crippen LogP contribution is -1.94. The quantitative estimate of drug-likeness (QED) is 0.393. The third-order valence-electron chi connectivity index (χ3n) is 4.39. The Morgan fingerprint density at radius 1 is 0.857 bits per heavy atom. The second-order valence-corrected chi connectivity index (χ2v) is 6.29. The molecular weight excluding hydrogens is 348 g/mol. The molecule has 0 bridgehead atoms. The number of carbonyl (C=O) groups excluding carboxylic acids is 1. The molecule has 0 amide bonds. The lowest BCUT2D eigenvalue weighted by atomic mass is 10.1. The third kappa shape index (κ3) is 3.62. The van der Waals surface area contributed by atoms with Crippen molar-refractivity contribution >= 4 is 11.9 Å². The smallest absolute Gasteiger partial charge is 0.189 e. The number of phenols is 1. The van der Waals surface area contributed by atoms with E-state index in [0.717, 1.165) is 22.5 Å². The van der Waals surface area contributed by atoms with Gasteiger partial charge in [0, 0.05) is 17.3 Å². The SMILES string of the molecule is O=C(/C=C/c1cn(-c2ccccc2)nc1-c1ccccc1)c1ccccc1O. The van der Waals surface area contributed by atoms with Crippen LogP contribution in [0.4, 0.5) is 0 Å². The molecule has 0 unspecified atom stereocenters. The van der Waals surface area contributed by atoms with Gasteiger partial charge in [-0.25, -0.2) is 4.68 Å². The van der Waals surface area contributed by atoms with Gasteiger partial charge in [-0.2, -0.15) is 5.10 Å². The van der Waals surface area contributed by atoms with Crippen LogP contribution in [0.15, 0.2) is 97.2 Å². The minimum absolute atomic E-state index is 0.0274. The van der Waals surface area contributed by atoms with E-state index in [-0.39, 0.29) is 17.1 Å². The van der Waals surface area contributed by atoms with E-state index in [1.807, 2.05) is 66.9 Å². The number of aromatic hydroxyl groups is 1. The van der Waals surface area contributed by atoms with Crippen molar-refractivity contribution in [1.29, 1.82) is 0 Å². The highest BCUT2D eigenvalue weighted by atomic mass is 16.3. The number of phenolic OH excluding ortho intramolecular Hbond substituents is 1. The largest absolute Gasteiger partial charge is 0.507 e. The summed E-state index contributed by atoms with van der Waals surface area (Å²) in [6, 6.07) is 26.2. The zero-order valence-electron chi connectivity index (χ0n) is 15.1. The molecule has 28 heavy (non-hydrogen) atoms. The van der Waals surface area contributed by atoms with Crippen molar-refractivity contribution < 1.29 is 9.90 Å². The maximum Gasteiger partial charge on any atom is 0.189 e. The first kappa shape index (κ1) is 17.5. The molecule has 0 aliphatic carbocycles. The molecule has 0 aliphatic rings. The number of hydrogen-bond donors (Lipinski definition) is 1. The molecule has 0 saturated heterocycles. The molecule has 0 fully saturated rings. The van der Waals surface area contributed by atoms with Gasteiger partial charge in [0.2, 0.25) is 0 Å². The Hall–Kier alpha value is -3.92. The number of nitrogens with zero attached hydrogens (tertiary/aromatic N) is 2. The van der Waals surface area contributed by atoms with E-state index in [1.54, 1.807) is 29.0 Å². The standard InChI is InChI=1S/C24H18N2O2/c27-22-14-8-7-13-21(22)23(28)16-15-19-17-26(20-11-5-2-6-12-20)25-24(19)18-9-3-1-4-10-18/h1-17,27H/b16-15+. The average Bonchev–Trinajstić information content (AvgIpc) is 3.18. The number of para-hydroxylation sites is 2. The highest BCUT2D eigenvalue weighted by Crippen LogP contribution is 2.25. The molecule has 4 nitrogen and oxygen atoms in total. The van der Waals surface area contributed by atoms with Crippen LogP contribution in [0, 0.1) is 0 Å². The molecule has 0 atom stereocenters. The van der Waals surface area contributed by atoms with Crippen molar-refractivity contribution in [1.82, 2.24) is 9.78 Å². The van der Waals surface area contributed by atoms with Crippen LogP contribution >= 0.6 is 0 Å². The van der Waals surface area contributed by atoms with E-state index in [2.05, 4.69) is 0 Å². The third-order valence-corrected chi connectivity index (χ3v) is 4.39. The maximum absolute atomic E-state index is 12.5. The molecule has 1 heterocycles. The second kappa shape index (κ2) is 7.76. The van der Waals surface area contributed by atoms with Gasteiger partial charge in [-0.15, -0.1) is 0 Å². The number of allylic oxidation sites excluding steroid dienone is 1. The summed E-state index contributed by atoms with van der Waals surface area (Å²) in [5.74, 6) is -0.287. The van der Waals surface area contributed by atoms with Gasteiger partial charge in [0.1, 0.15) is 5.75 Å². The van der Waals surface area contributed by atoms with Crippen molar-refractivity contribution in [2.75, 3.05) is 0 Å². The number of carbonyl (C=O) groups is 1. The molecule has 136 valence electrons. The minimum Gasteiger partial charge on any atom is -0.507 e. The van der Waals surface area contributed by atoms with Gasteiger partial charge in [-0.3, -0.25) is 4.79 Å². The maximum atomic E-state index is 12.5. The van der Waals surface area contributed by atoms with Crippen molar-refractivity contribution in [2.45, 2.75) is 0 Å². The molecule has 1 N–H and O–H groups in total. The van der Waals surface area contributed by atoms with E-state index in [4.69, 9.17) is 5.10 Å². The Balaban J connectivity index is 1.74. The van der Waals surface area contributed by atoms with E-state index < -0.39 is 0 Å². The van der Waals surface area contributed by atoms with Crippen LogP contribution in [0.25, 0.3) is 23.0 Å². The van der Waals surface area contributed by atoms with Gasteiger partial charge in [-0.1, -0.05) is 60.7 Å². The van der Waals surface area contributed by atoms with Gasteiger partial charge in [0.15, 0.2) is 5.78 Å². The number of ketones is 1. The van der Waals surface area contributed by atoms with E-state index in [0.29, 0.717) is 0 Å². The fourth-order valence-electron chi connectivity index (χ4n) is 2.98. The first-order valence-electron chi connectivity index (χ1n) is 8.93. The Kier molecular flexibility index (Phi) is 4.85. The molecule has 0 aliphatic heterocycles. The normalized spacial score (nSPS) is 11.0. The molecule has 4 heteroatoms. The number of hydrogen-bond acceptors (Lipinski definition) is 3. The summed E-state index contributed by atoms with van der Waals surface area (Å²) in [4.78, 5) is 12.5. The molecule has 4 aromatic rings. The summed E-state index contributed by atoms with van der Waals surface area (Å²) >= 11 is 0. The second-order valence-electron chi connectivity index (χ2n) is 6.29. The fourth-order valence-corrected chi connectivity index (χ4v) is 2.98. The lowest BCUT2D eigenvalue weighted by molar-refractivity contribution is 0.104. The number of benzene rings is 3. The first-order chi connectivity index (χ1) is 13.7. The van der Waals surface area contributed by atoms with Crippen molar-refractivity contribution in [2.24, 2.45) is 0 Å². The summed E-state index contributed by atoms with van der Waals surface area (Å²) in [5.41, 5.74) is 3.78. The van der Waals surface area contributed by atoms with Crippen molar-refractivity contribution in [3.8, 4) is 22.7 Å². The monoisotopic (exact) mass is 366 g/mol. The van der Waals surface area contributed by atoms with Crippen LogP contribution in [-0.4, -0.2) is 20.7 Å². The summed E-state index contributed by atoms with van der Waals surface area (Å²) in [6.45, 7) is 0. The molecule has 0 radical (unpaired) electrons.